The van der Waals surface area contributed by atoms with Crippen LogP contribution in [-0.4, -0.2) is 43.8 Å². The molecule has 0 unspecified atom stereocenters. The minimum Gasteiger partial charge on any atom is -0.355 e. The molecule has 1 saturated heterocycles. The minimum absolute atomic E-state index is 0.105. The van der Waals surface area contributed by atoms with E-state index < -0.39 is 0 Å². The summed E-state index contributed by atoms with van der Waals surface area (Å²) >= 11 is 0. The van der Waals surface area contributed by atoms with Crippen LogP contribution in [0.15, 0.2) is 36.5 Å². The quantitative estimate of drug-likeness (QED) is 0.746. The van der Waals surface area contributed by atoms with Gasteiger partial charge in [0.15, 0.2) is 11.5 Å². The smallest absolute Gasteiger partial charge is 0.225 e. The van der Waals surface area contributed by atoms with E-state index >= 15 is 0 Å². The molecule has 0 aromatic carbocycles. The van der Waals surface area contributed by atoms with Crippen LogP contribution in [0, 0.1) is 5.92 Å². The summed E-state index contributed by atoms with van der Waals surface area (Å²) in [7, 11) is 0. The zero-order valence-electron chi connectivity index (χ0n) is 15.4. The summed E-state index contributed by atoms with van der Waals surface area (Å²) in [5.41, 5.74) is 0.698. The molecule has 0 spiro atoms. The topological polar surface area (TPSA) is 88.3 Å². The van der Waals surface area contributed by atoms with Crippen LogP contribution < -0.4 is 10.2 Å². The number of aromatic nitrogens is 5. The number of nitrogens with zero attached hydrogens (tertiary/aromatic N) is 6. The van der Waals surface area contributed by atoms with Gasteiger partial charge in [-0.3, -0.25) is 4.79 Å². The number of rotatable bonds is 5. The second kappa shape index (κ2) is 7.69. The molecule has 0 radical (unpaired) electrons. The molecule has 0 saturated carbocycles. The first-order valence-corrected chi connectivity index (χ1v) is 9.36. The van der Waals surface area contributed by atoms with Crippen molar-refractivity contribution in [2.75, 3.05) is 23.3 Å². The lowest BCUT2D eigenvalue weighted by Gasteiger charge is -2.30. The van der Waals surface area contributed by atoms with E-state index in [2.05, 4.69) is 32.3 Å². The summed E-state index contributed by atoms with van der Waals surface area (Å²) in [4.78, 5) is 18.6. The van der Waals surface area contributed by atoms with Crippen molar-refractivity contribution in [1.82, 2.24) is 24.8 Å². The molecule has 4 rings (SSSR count). The number of carbonyl (C=O) groups excluding carboxylic acids is 1. The highest BCUT2D eigenvalue weighted by Gasteiger charge is 2.18. The Morgan fingerprint density at radius 1 is 1.19 bits per heavy atom. The maximum Gasteiger partial charge on any atom is 0.225 e. The van der Waals surface area contributed by atoms with E-state index in [4.69, 9.17) is 5.10 Å². The zero-order chi connectivity index (χ0) is 18.6. The van der Waals surface area contributed by atoms with Crippen molar-refractivity contribution < 1.29 is 4.79 Å². The van der Waals surface area contributed by atoms with E-state index in [1.165, 1.54) is 12.8 Å². The molecule has 3 aromatic rings. The fourth-order valence-corrected chi connectivity index (χ4v) is 3.25. The molecule has 0 atom stereocenters. The summed E-state index contributed by atoms with van der Waals surface area (Å²) in [5, 5.41) is 15.9. The Morgan fingerprint density at radius 3 is 2.81 bits per heavy atom. The zero-order valence-corrected chi connectivity index (χ0v) is 15.4. The summed E-state index contributed by atoms with van der Waals surface area (Å²) in [6.45, 7) is 4.33. The average Bonchev–Trinajstić information content (AvgIpc) is 3.10. The van der Waals surface area contributed by atoms with Gasteiger partial charge in [0.2, 0.25) is 5.91 Å². The number of nitrogens with one attached hydrogen (secondary N) is 1. The van der Waals surface area contributed by atoms with Gasteiger partial charge in [0, 0.05) is 32.1 Å². The third-order valence-corrected chi connectivity index (χ3v) is 4.93. The predicted octanol–water partition coefficient (Wildman–Crippen LogP) is 2.33. The first-order chi connectivity index (χ1) is 13.2. The molecule has 1 aliphatic heterocycles. The molecule has 0 aliphatic carbocycles. The number of hydrogen-bond acceptors (Lipinski definition) is 6. The van der Waals surface area contributed by atoms with Crippen LogP contribution in [0.3, 0.4) is 0 Å². The van der Waals surface area contributed by atoms with Crippen LogP contribution in [0.5, 0.6) is 0 Å². The Labute approximate surface area is 157 Å². The van der Waals surface area contributed by atoms with Crippen molar-refractivity contribution in [2.45, 2.75) is 32.6 Å². The van der Waals surface area contributed by atoms with Crippen molar-refractivity contribution >= 4 is 23.2 Å². The number of piperidine rings is 1. The minimum atomic E-state index is -0.105. The Bertz CT molecular complexity index is 916. The fourth-order valence-electron chi connectivity index (χ4n) is 3.25. The molecule has 1 fully saturated rings. The van der Waals surface area contributed by atoms with Crippen LogP contribution in [0.1, 0.15) is 32.0 Å². The van der Waals surface area contributed by atoms with Crippen LogP contribution in [0.25, 0.3) is 5.65 Å². The molecule has 8 nitrogen and oxygen atoms in total. The molecule has 1 aliphatic rings. The molecule has 4 heterocycles. The number of anilines is 2. The van der Waals surface area contributed by atoms with Crippen LogP contribution in [0.4, 0.5) is 11.6 Å². The number of fused-ring (bicyclic) bond motifs is 1. The first-order valence-electron chi connectivity index (χ1n) is 9.36. The summed E-state index contributed by atoms with van der Waals surface area (Å²) < 4.78 is 1.75. The Morgan fingerprint density at radius 2 is 2.04 bits per heavy atom. The highest BCUT2D eigenvalue weighted by molar-refractivity contribution is 5.89. The van der Waals surface area contributed by atoms with Gasteiger partial charge < -0.3 is 10.2 Å². The van der Waals surface area contributed by atoms with Crippen molar-refractivity contribution in [3.63, 3.8) is 0 Å². The second-order valence-corrected chi connectivity index (χ2v) is 7.01. The van der Waals surface area contributed by atoms with Crippen molar-refractivity contribution in [3.05, 3.63) is 42.4 Å². The summed E-state index contributed by atoms with van der Waals surface area (Å²) in [6.07, 6.45) is 4.77. The number of hydrogen-bond donors (Lipinski definition) is 1. The van der Waals surface area contributed by atoms with Crippen molar-refractivity contribution in [1.29, 1.82) is 0 Å². The third-order valence-electron chi connectivity index (χ3n) is 4.93. The van der Waals surface area contributed by atoms with Gasteiger partial charge in [0.25, 0.3) is 0 Å². The van der Waals surface area contributed by atoms with Gasteiger partial charge in [0.05, 0.1) is 0 Å². The van der Waals surface area contributed by atoms with E-state index in [1.807, 2.05) is 24.3 Å². The predicted molar refractivity (Wildman–Crippen MR) is 103 cm³/mol. The Hall–Kier alpha value is -3.03. The van der Waals surface area contributed by atoms with Crippen molar-refractivity contribution in [3.8, 4) is 0 Å². The largest absolute Gasteiger partial charge is 0.355 e. The van der Waals surface area contributed by atoms with Gasteiger partial charge in [-0.25, -0.2) is 4.98 Å². The Kier molecular flexibility index (Phi) is 4.95. The molecule has 1 amide bonds. The second-order valence-electron chi connectivity index (χ2n) is 7.01. The van der Waals surface area contributed by atoms with E-state index in [1.54, 1.807) is 16.8 Å². The molecule has 1 N–H and O–H groups in total. The van der Waals surface area contributed by atoms with Gasteiger partial charge in [-0.05, 0) is 43.0 Å². The highest BCUT2D eigenvalue weighted by Crippen LogP contribution is 2.21. The van der Waals surface area contributed by atoms with Gasteiger partial charge in [0.1, 0.15) is 11.6 Å². The summed E-state index contributed by atoms with van der Waals surface area (Å²) in [5.74, 6) is 2.84. The standard InChI is InChI=1S/C19H23N7O/c1-14-9-12-25(13-10-14)18-6-5-16-22-23-17(26(16)24-18)7-8-19(27)21-15-4-2-3-11-20-15/h2-6,11,14H,7-10,12-13H2,1H3,(H,20,21,27). The van der Waals surface area contributed by atoms with Gasteiger partial charge >= 0.3 is 0 Å². The number of carbonyl (C=O) groups is 1. The fraction of sp³-hybridized carbons (Fsp3) is 0.421. The molecule has 0 bridgehead atoms. The third kappa shape index (κ3) is 4.05. The lowest BCUT2D eigenvalue weighted by Crippen LogP contribution is -2.33. The van der Waals surface area contributed by atoms with Crippen LogP contribution in [0.2, 0.25) is 0 Å². The maximum atomic E-state index is 12.2. The van der Waals surface area contributed by atoms with Crippen molar-refractivity contribution in [2.24, 2.45) is 5.92 Å². The van der Waals surface area contributed by atoms with Gasteiger partial charge in [-0.2, -0.15) is 4.52 Å². The number of amides is 1. The maximum absolute atomic E-state index is 12.2. The lowest BCUT2D eigenvalue weighted by atomic mass is 9.99. The first kappa shape index (κ1) is 17.4. The number of aryl methyl sites for hydroxylation is 1. The average molecular weight is 365 g/mol. The van der Waals surface area contributed by atoms with E-state index in [0.717, 1.165) is 24.8 Å². The highest BCUT2D eigenvalue weighted by atomic mass is 16.1. The van der Waals surface area contributed by atoms with Crippen LogP contribution in [-0.2, 0) is 11.2 Å². The number of pyridine rings is 1. The van der Waals surface area contributed by atoms with Gasteiger partial charge in [-0.1, -0.05) is 13.0 Å². The van der Waals surface area contributed by atoms with E-state index in [-0.39, 0.29) is 5.91 Å². The molecule has 27 heavy (non-hydrogen) atoms. The molecule has 140 valence electrons. The summed E-state index contributed by atoms with van der Waals surface area (Å²) in [6, 6.07) is 9.34. The molecule has 8 heteroatoms. The normalized spacial score (nSPS) is 15.2. The molecular weight excluding hydrogens is 342 g/mol. The van der Waals surface area contributed by atoms with Crippen LogP contribution >= 0.6 is 0 Å². The SMILES string of the molecule is CC1CCN(c2ccc3nnc(CCC(=O)Nc4ccccn4)n3n2)CC1. The molecular formula is C19H23N7O. The van der Waals surface area contributed by atoms with Gasteiger partial charge in [-0.15, -0.1) is 15.3 Å². The lowest BCUT2D eigenvalue weighted by molar-refractivity contribution is -0.116. The van der Waals surface area contributed by atoms with E-state index in [9.17, 15) is 4.79 Å². The molecule has 3 aromatic heterocycles. The van der Waals surface area contributed by atoms with E-state index in [0.29, 0.717) is 30.1 Å². The Balaban J connectivity index is 1.44. The monoisotopic (exact) mass is 365 g/mol.